The van der Waals surface area contributed by atoms with E-state index in [1.54, 1.807) is 0 Å². The van der Waals surface area contributed by atoms with Gasteiger partial charge in [-0.15, -0.1) is 0 Å². The van der Waals surface area contributed by atoms with Crippen molar-refractivity contribution in [1.29, 1.82) is 0 Å². The van der Waals surface area contributed by atoms with E-state index in [-0.39, 0.29) is 0 Å². The highest BCUT2D eigenvalue weighted by Crippen LogP contribution is 2.59. The highest BCUT2D eigenvalue weighted by atomic mass is 15.1. The van der Waals surface area contributed by atoms with Crippen LogP contribution in [0.15, 0.2) is 315 Å². The Hall–Kier alpha value is -10.5. The maximum Gasteiger partial charge on any atom is 0.0714 e. The molecule has 2 nitrogen and oxygen atoms in total. The predicted molar refractivity (Wildman–Crippen MR) is 342 cm³/mol. The molecule has 0 bridgehead atoms. The largest absolute Gasteiger partial charge is 0.310 e. The molecule has 15 aromatic rings. The van der Waals surface area contributed by atoms with Crippen LogP contribution in [0.4, 0.5) is 17.1 Å². The van der Waals surface area contributed by atoms with E-state index >= 15 is 0 Å². The summed E-state index contributed by atoms with van der Waals surface area (Å²) in [6.07, 6.45) is 0. The number of aromatic nitrogens is 1. The summed E-state index contributed by atoms with van der Waals surface area (Å²) in [6.45, 7) is 0. The molecule has 14 aromatic carbocycles. The van der Waals surface area contributed by atoms with Crippen LogP contribution in [0.3, 0.4) is 0 Å². The number of hydrogen-bond acceptors (Lipinski definition) is 1. The van der Waals surface area contributed by atoms with E-state index < -0.39 is 5.41 Å². The molecule has 378 valence electrons. The molecule has 1 aromatic heterocycles. The van der Waals surface area contributed by atoms with Gasteiger partial charge in [-0.1, -0.05) is 243 Å². The minimum absolute atomic E-state index is 0.687. The van der Waals surface area contributed by atoms with Gasteiger partial charge in [-0.25, -0.2) is 0 Å². The Bertz CT molecular complexity index is 4810. The van der Waals surface area contributed by atoms with Crippen molar-refractivity contribution in [2.45, 2.75) is 5.41 Å². The molecule has 2 heteroatoms. The fourth-order valence-electron chi connectivity index (χ4n) is 13.7. The van der Waals surface area contributed by atoms with Crippen LogP contribution >= 0.6 is 0 Å². The zero-order valence-electron chi connectivity index (χ0n) is 44.4. The Kier molecular flexibility index (Phi) is 10.8. The Morgan fingerprint density at radius 2 is 0.716 bits per heavy atom. The second-order valence-electron chi connectivity index (χ2n) is 21.5. The first-order valence-electron chi connectivity index (χ1n) is 28.1. The van der Waals surface area contributed by atoms with E-state index in [9.17, 15) is 0 Å². The van der Waals surface area contributed by atoms with Gasteiger partial charge in [0.2, 0.25) is 0 Å². The summed E-state index contributed by atoms with van der Waals surface area (Å²) >= 11 is 0. The van der Waals surface area contributed by atoms with Crippen molar-refractivity contribution in [2.24, 2.45) is 0 Å². The van der Waals surface area contributed by atoms with Gasteiger partial charge in [-0.2, -0.15) is 0 Å². The van der Waals surface area contributed by atoms with Crippen LogP contribution in [0.2, 0.25) is 0 Å². The maximum atomic E-state index is 2.53. The molecule has 1 aliphatic rings. The van der Waals surface area contributed by atoms with Gasteiger partial charge >= 0.3 is 0 Å². The Labute approximate surface area is 471 Å². The lowest BCUT2D eigenvalue weighted by Crippen LogP contribution is -2.28. The molecule has 1 heterocycles. The summed E-state index contributed by atoms with van der Waals surface area (Å²) in [4.78, 5) is 2.47. The number of anilines is 3. The molecule has 16 rings (SSSR count). The lowest BCUT2D eigenvalue weighted by molar-refractivity contribution is 0.769. The van der Waals surface area contributed by atoms with Gasteiger partial charge in [0.15, 0.2) is 0 Å². The molecule has 0 amide bonds. The molecule has 0 fully saturated rings. The predicted octanol–water partition coefficient (Wildman–Crippen LogP) is 21.1. The van der Waals surface area contributed by atoms with Crippen molar-refractivity contribution in [3.63, 3.8) is 0 Å². The normalized spacial score (nSPS) is 12.5. The molecule has 0 saturated carbocycles. The van der Waals surface area contributed by atoms with Gasteiger partial charge in [0, 0.05) is 33.5 Å². The van der Waals surface area contributed by atoms with Gasteiger partial charge in [0.25, 0.3) is 0 Å². The first-order chi connectivity index (χ1) is 40.2. The average molecular weight is 1030 g/mol. The van der Waals surface area contributed by atoms with Crippen molar-refractivity contribution in [1.82, 2.24) is 4.57 Å². The molecular weight excluding hydrogens is 977 g/mol. The molecule has 0 unspecified atom stereocenters. The lowest BCUT2D eigenvalue weighted by Gasteiger charge is -2.35. The Morgan fingerprint density at radius 1 is 0.259 bits per heavy atom. The van der Waals surface area contributed by atoms with Crippen LogP contribution in [-0.4, -0.2) is 4.57 Å². The van der Waals surface area contributed by atoms with Crippen LogP contribution in [0.25, 0.3) is 104 Å². The molecule has 0 saturated heterocycles. The molecule has 0 radical (unpaired) electrons. The molecule has 81 heavy (non-hydrogen) atoms. The van der Waals surface area contributed by atoms with E-state index in [0.29, 0.717) is 0 Å². The van der Waals surface area contributed by atoms with Gasteiger partial charge in [0.05, 0.1) is 16.4 Å². The summed E-state index contributed by atoms with van der Waals surface area (Å²) in [7, 11) is 0. The van der Waals surface area contributed by atoms with Crippen LogP contribution in [0.5, 0.6) is 0 Å². The summed E-state index contributed by atoms with van der Waals surface area (Å²) < 4.78 is 2.40. The molecule has 0 spiro atoms. The highest BCUT2D eigenvalue weighted by Gasteiger charge is 2.47. The molecule has 0 atom stereocenters. The first-order valence-corrected chi connectivity index (χ1v) is 28.1. The Morgan fingerprint density at radius 3 is 1.37 bits per heavy atom. The molecule has 0 aliphatic heterocycles. The van der Waals surface area contributed by atoms with Crippen LogP contribution in [0, 0.1) is 0 Å². The number of hydrogen-bond donors (Lipinski definition) is 0. The number of fused-ring (bicyclic) bond motifs is 9. The van der Waals surface area contributed by atoms with Crippen molar-refractivity contribution < 1.29 is 0 Å². The minimum Gasteiger partial charge on any atom is -0.310 e. The number of nitrogens with zero attached hydrogens (tertiary/aromatic N) is 2. The second kappa shape index (κ2) is 18.8. The number of para-hydroxylation sites is 2. The van der Waals surface area contributed by atoms with E-state index in [1.165, 1.54) is 121 Å². The van der Waals surface area contributed by atoms with E-state index in [4.69, 9.17) is 0 Å². The fourth-order valence-corrected chi connectivity index (χ4v) is 13.7. The number of benzene rings is 14. The third-order valence-corrected chi connectivity index (χ3v) is 17.2. The monoisotopic (exact) mass is 1030 g/mol. The summed E-state index contributed by atoms with van der Waals surface area (Å²) in [5, 5.41) is 9.86. The average Bonchev–Trinajstić information content (AvgIpc) is 4.07. The van der Waals surface area contributed by atoms with Crippen molar-refractivity contribution in [3.8, 4) is 50.2 Å². The third kappa shape index (κ3) is 7.34. The molecule has 0 N–H and O–H groups in total. The van der Waals surface area contributed by atoms with E-state index in [2.05, 4.69) is 325 Å². The van der Waals surface area contributed by atoms with Crippen LogP contribution in [-0.2, 0) is 5.41 Å². The lowest BCUT2D eigenvalue weighted by atomic mass is 9.67. The van der Waals surface area contributed by atoms with Gasteiger partial charge < -0.3 is 9.47 Å². The summed E-state index contributed by atoms with van der Waals surface area (Å²) in [5.41, 5.74) is 20.8. The topological polar surface area (TPSA) is 8.17 Å². The van der Waals surface area contributed by atoms with Gasteiger partial charge in [-0.05, 0) is 172 Å². The Balaban J connectivity index is 0.933. The zero-order valence-corrected chi connectivity index (χ0v) is 44.4. The molecular formula is C79H52N2. The zero-order chi connectivity index (χ0) is 53.4. The van der Waals surface area contributed by atoms with E-state index in [0.717, 1.165) is 22.7 Å². The second-order valence-corrected chi connectivity index (χ2v) is 21.5. The standard InChI is InChI=1S/C79H52N2/c1-5-22-55(23-6-1)77-68-32-15-17-34-70(68)78(71-35-18-16-33-69(71)77)58-41-46-65-66-47-44-64(52-74(66)79(73(65)50-58,59-25-7-2-8-26-59)60-27-9-3-10-28-60)80(62-42-39-54(40-43-62)57-38-37-53-21-13-14-24-56(53)49-57)63-45-48-76-72(51-63)67-31-19-20-36-75(67)81(76)61-29-11-4-12-30-61/h1-52H. The fraction of sp³-hybridized carbons (Fsp3) is 0.0127. The maximum absolute atomic E-state index is 2.53. The van der Waals surface area contributed by atoms with Gasteiger partial charge in [-0.3, -0.25) is 0 Å². The SMILES string of the molecule is c1ccc(-c2c3ccccc3c(-c3ccc4c(c3)C(c3ccccc3)(c3ccccc3)c3cc(N(c5ccc(-c6ccc7ccccc7c6)cc5)c5ccc6c(c5)c5ccccc5n6-c5ccccc5)ccc3-4)c3ccccc23)cc1. The van der Waals surface area contributed by atoms with Crippen LogP contribution in [0.1, 0.15) is 22.3 Å². The van der Waals surface area contributed by atoms with Crippen molar-refractivity contribution in [2.75, 3.05) is 4.90 Å². The summed E-state index contributed by atoms with van der Waals surface area (Å²) in [6, 6.07) is 117. The van der Waals surface area contributed by atoms with Crippen LogP contribution < -0.4 is 4.90 Å². The quantitative estimate of drug-likeness (QED) is 0.131. The smallest absolute Gasteiger partial charge is 0.0714 e. The van der Waals surface area contributed by atoms with Crippen molar-refractivity contribution in [3.05, 3.63) is 338 Å². The summed E-state index contributed by atoms with van der Waals surface area (Å²) in [5.74, 6) is 0. The number of rotatable bonds is 9. The highest BCUT2D eigenvalue weighted by molar-refractivity contribution is 6.21. The third-order valence-electron chi connectivity index (χ3n) is 17.2. The molecule has 1 aliphatic carbocycles. The van der Waals surface area contributed by atoms with Gasteiger partial charge in [0.1, 0.15) is 0 Å². The first kappa shape index (κ1) is 46.5. The van der Waals surface area contributed by atoms with Crippen molar-refractivity contribution >= 4 is 71.2 Å². The minimum atomic E-state index is -0.687. The van der Waals surface area contributed by atoms with E-state index in [1.807, 2.05) is 0 Å².